The average molecular weight is 383 g/mol. The van der Waals surface area contributed by atoms with Gasteiger partial charge in [0.2, 0.25) is 5.91 Å². The third-order valence-corrected chi connectivity index (χ3v) is 5.75. The van der Waals surface area contributed by atoms with Gasteiger partial charge in [-0.25, -0.2) is 9.18 Å². The summed E-state index contributed by atoms with van der Waals surface area (Å²) >= 11 is -0.822. The standard InChI is InChI=1S/C17H22FN3O4S/c1-12(22)19-5-4-14-11-21(17(23)25-14)13-2-3-16(15(18)10-13)20-6-8-26(24)9-7-20/h2-3,10,14H,4-9,11H2,1H3,(H,19,22)/t14-/m0/s1. The minimum absolute atomic E-state index is 0.134. The number of cyclic esters (lactones) is 1. The summed E-state index contributed by atoms with van der Waals surface area (Å²) < 4.78 is 31.3. The molecular weight excluding hydrogens is 361 g/mol. The third kappa shape index (κ3) is 4.39. The number of nitrogens with one attached hydrogen (secondary N) is 1. The number of anilines is 2. The average Bonchev–Trinajstić information content (AvgIpc) is 2.96. The molecule has 0 spiro atoms. The maximum absolute atomic E-state index is 14.6. The molecule has 2 aliphatic rings. The van der Waals surface area contributed by atoms with Crippen LogP contribution in [0.15, 0.2) is 18.2 Å². The molecule has 2 heterocycles. The van der Waals surface area contributed by atoms with E-state index in [1.54, 1.807) is 12.1 Å². The lowest BCUT2D eigenvalue weighted by Gasteiger charge is -2.30. The third-order valence-electron chi connectivity index (χ3n) is 4.48. The van der Waals surface area contributed by atoms with Crippen LogP contribution in [-0.4, -0.2) is 60.3 Å². The minimum Gasteiger partial charge on any atom is -0.616 e. The van der Waals surface area contributed by atoms with Crippen molar-refractivity contribution in [2.75, 3.05) is 47.5 Å². The topological polar surface area (TPSA) is 84.9 Å². The van der Waals surface area contributed by atoms with Gasteiger partial charge in [-0.1, -0.05) is 11.2 Å². The lowest BCUT2D eigenvalue weighted by molar-refractivity contribution is -0.119. The maximum atomic E-state index is 14.6. The van der Waals surface area contributed by atoms with Crippen LogP contribution in [0.1, 0.15) is 13.3 Å². The van der Waals surface area contributed by atoms with Gasteiger partial charge < -0.3 is 19.5 Å². The van der Waals surface area contributed by atoms with Gasteiger partial charge in [0.15, 0.2) is 0 Å². The Balaban J connectivity index is 1.63. The molecule has 1 aromatic rings. The van der Waals surface area contributed by atoms with Crippen molar-refractivity contribution in [2.45, 2.75) is 19.4 Å². The first-order valence-corrected chi connectivity index (χ1v) is 10.0. The van der Waals surface area contributed by atoms with Gasteiger partial charge in [0.1, 0.15) is 23.4 Å². The summed E-state index contributed by atoms with van der Waals surface area (Å²) in [6.45, 7) is 3.28. The zero-order valence-corrected chi connectivity index (χ0v) is 15.4. The predicted molar refractivity (Wildman–Crippen MR) is 97.4 cm³/mol. The van der Waals surface area contributed by atoms with Gasteiger partial charge in [-0.3, -0.25) is 9.69 Å². The Morgan fingerprint density at radius 1 is 1.42 bits per heavy atom. The summed E-state index contributed by atoms with van der Waals surface area (Å²) in [7, 11) is 0. The fourth-order valence-electron chi connectivity index (χ4n) is 3.09. The highest BCUT2D eigenvalue weighted by molar-refractivity contribution is 7.91. The summed E-state index contributed by atoms with van der Waals surface area (Å²) in [4.78, 5) is 26.2. The molecule has 0 aromatic heterocycles. The van der Waals surface area contributed by atoms with E-state index in [0.717, 1.165) is 0 Å². The number of carbonyl (C=O) groups is 2. The molecule has 1 atom stereocenters. The van der Waals surface area contributed by atoms with E-state index < -0.39 is 23.1 Å². The van der Waals surface area contributed by atoms with Crippen LogP contribution in [0.4, 0.5) is 20.6 Å². The number of hydrogen-bond donors (Lipinski definition) is 1. The largest absolute Gasteiger partial charge is 0.616 e. The molecule has 26 heavy (non-hydrogen) atoms. The molecule has 9 heteroatoms. The smallest absolute Gasteiger partial charge is 0.414 e. The summed E-state index contributed by atoms with van der Waals surface area (Å²) in [5, 5.41) is 2.66. The summed E-state index contributed by atoms with van der Waals surface area (Å²) in [6.07, 6.45) is -0.347. The first-order valence-electron chi connectivity index (χ1n) is 8.56. The van der Waals surface area contributed by atoms with Crippen molar-refractivity contribution in [3.63, 3.8) is 0 Å². The van der Waals surface area contributed by atoms with E-state index in [1.165, 1.54) is 17.9 Å². The zero-order valence-electron chi connectivity index (χ0n) is 14.6. The quantitative estimate of drug-likeness (QED) is 0.774. The SMILES string of the molecule is CC(=O)NCC[C@H]1CN(c2ccc(N3CC[S+]([O-])CC3)c(F)c2)C(=O)O1. The van der Waals surface area contributed by atoms with Gasteiger partial charge >= 0.3 is 6.09 Å². The molecule has 2 aliphatic heterocycles. The van der Waals surface area contributed by atoms with Crippen molar-refractivity contribution in [3.05, 3.63) is 24.0 Å². The van der Waals surface area contributed by atoms with E-state index in [-0.39, 0.29) is 12.0 Å². The number of halogens is 1. The van der Waals surface area contributed by atoms with Crippen LogP contribution in [0, 0.1) is 5.82 Å². The zero-order chi connectivity index (χ0) is 18.7. The van der Waals surface area contributed by atoms with Crippen LogP contribution in [0.3, 0.4) is 0 Å². The highest BCUT2D eigenvalue weighted by atomic mass is 32.2. The normalized spacial score (nSPS) is 21.0. The fraction of sp³-hybridized carbons (Fsp3) is 0.529. The molecule has 142 valence electrons. The molecule has 1 N–H and O–H groups in total. The number of ether oxygens (including phenoxy) is 1. The van der Waals surface area contributed by atoms with Crippen LogP contribution in [0.2, 0.25) is 0 Å². The monoisotopic (exact) mass is 383 g/mol. The van der Waals surface area contributed by atoms with Gasteiger partial charge in [0, 0.05) is 19.9 Å². The Bertz CT molecular complexity index is 682. The molecule has 0 bridgehead atoms. The number of amides is 2. The van der Waals surface area contributed by atoms with E-state index >= 15 is 0 Å². The van der Waals surface area contributed by atoms with E-state index in [9.17, 15) is 18.5 Å². The summed E-state index contributed by atoms with van der Waals surface area (Å²) in [6, 6.07) is 4.68. The molecule has 0 radical (unpaired) electrons. The van der Waals surface area contributed by atoms with Crippen molar-refractivity contribution in [3.8, 4) is 0 Å². The Hall–Kier alpha value is -2.00. The van der Waals surface area contributed by atoms with Gasteiger partial charge in [0.05, 0.1) is 31.0 Å². The van der Waals surface area contributed by atoms with E-state index in [0.29, 0.717) is 55.5 Å². The van der Waals surface area contributed by atoms with Crippen molar-refractivity contribution < 1.29 is 23.3 Å². The van der Waals surface area contributed by atoms with E-state index in [1.807, 2.05) is 4.90 Å². The number of nitrogens with zero attached hydrogens (tertiary/aromatic N) is 2. The molecule has 1 aromatic carbocycles. The Labute approximate surface area is 154 Å². The van der Waals surface area contributed by atoms with Crippen LogP contribution in [0.5, 0.6) is 0 Å². The minimum atomic E-state index is -0.822. The lowest BCUT2D eigenvalue weighted by Crippen LogP contribution is -2.40. The second-order valence-electron chi connectivity index (χ2n) is 6.36. The van der Waals surface area contributed by atoms with E-state index in [4.69, 9.17) is 4.74 Å². The Morgan fingerprint density at radius 2 is 2.15 bits per heavy atom. The van der Waals surface area contributed by atoms with Gasteiger partial charge in [-0.15, -0.1) is 0 Å². The maximum Gasteiger partial charge on any atom is 0.414 e. The first kappa shape index (κ1) is 18.8. The molecule has 7 nitrogen and oxygen atoms in total. The summed E-state index contributed by atoms with van der Waals surface area (Å²) in [5.74, 6) is 0.528. The highest BCUT2D eigenvalue weighted by Crippen LogP contribution is 2.29. The molecule has 2 fully saturated rings. The molecule has 2 amide bonds. The Morgan fingerprint density at radius 3 is 2.81 bits per heavy atom. The van der Waals surface area contributed by atoms with Gasteiger partial charge in [-0.05, 0) is 18.2 Å². The summed E-state index contributed by atoms with van der Waals surface area (Å²) in [5.41, 5.74) is 0.902. The number of rotatable bonds is 5. The number of hydrogen-bond acceptors (Lipinski definition) is 5. The molecule has 3 rings (SSSR count). The molecule has 2 saturated heterocycles. The van der Waals surface area contributed by atoms with E-state index in [2.05, 4.69) is 5.32 Å². The van der Waals surface area contributed by atoms with Crippen molar-refractivity contribution in [1.82, 2.24) is 5.32 Å². The predicted octanol–water partition coefficient (Wildman–Crippen LogP) is 1.25. The first-order chi connectivity index (χ1) is 12.4. The number of carbonyl (C=O) groups excluding carboxylic acids is 2. The van der Waals surface area contributed by atoms with Gasteiger partial charge in [-0.2, -0.15) is 0 Å². The van der Waals surface area contributed by atoms with Crippen molar-refractivity contribution in [2.24, 2.45) is 0 Å². The van der Waals surface area contributed by atoms with Crippen LogP contribution >= 0.6 is 0 Å². The van der Waals surface area contributed by atoms with Crippen LogP contribution in [-0.2, 0) is 20.7 Å². The van der Waals surface area contributed by atoms with Crippen molar-refractivity contribution >= 4 is 34.6 Å². The van der Waals surface area contributed by atoms with Crippen LogP contribution < -0.4 is 15.1 Å². The Kier molecular flexibility index (Phi) is 5.87. The second kappa shape index (κ2) is 8.13. The second-order valence-corrected chi connectivity index (χ2v) is 8.05. The van der Waals surface area contributed by atoms with Gasteiger partial charge in [0.25, 0.3) is 0 Å². The number of benzene rings is 1. The van der Waals surface area contributed by atoms with Crippen molar-refractivity contribution in [1.29, 1.82) is 0 Å². The highest BCUT2D eigenvalue weighted by Gasteiger charge is 2.32. The lowest BCUT2D eigenvalue weighted by atomic mass is 10.2. The molecule has 0 saturated carbocycles. The molecule has 0 unspecified atom stereocenters. The van der Waals surface area contributed by atoms with Crippen LogP contribution in [0.25, 0.3) is 0 Å². The molecule has 0 aliphatic carbocycles. The molecular formula is C17H22FN3O4S. The fourth-order valence-corrected chi connectivity index (χ4v) is 4.14.